The first-order valence-corrected chi connectivity index (χ1v) is 11.0. The highest BCUT2D eigenvalue weighted by Gasteiger charge is 2.54. The van der Waals surface area contributed by atoms with Gasteiger partial charge in [0.15, 0.2) is 0 Å². The van der Waals surface area contributed by atoms with Crippen LogP contribution >= 0.6 is 0 Å². The number of nitriles is 1. The van der Waals surface area contributed by atoms with Gasteiger partial charge < -0.3 is 4.90 Å². The predicted molar refractivity (Wildman–Crippen MR) is 116 cm³/mol. The van der Waals surface area contributed by atoms with Gasteiger partial charge in [-0.2, -0.15) is 5.26 Å². The van der Waals surface area contributed by atoms with E-state index in [1.165, 1.54) is 18.4 Å². The Labute approximate surface area is 178 Å². The Balaban J connectivity index is 1.45. The Hall–Kier alpha value is -2.87. The van der Waals surface area contributed by atoms with Gasteiger partial charge in [-0.3, -0.25) is 9.88 Å². The highest BCUT2D eigenvalue weighted by Crippen LogP contribution is 2.49. The largest absolute Gasteiger partial charge is 0.325 e. The molecule has 5 nitrogen and oxygen atoms in total. The van der Waals surface area contributed by atoms with Gasteiger partial charge in [-0.25, -0.2) is 4.79 Å². The Morgan fingerprint density at radius 2 is 1.87 bits per heavy atom. The molecule has 2 saturated carbocycles. The number of aromatic nitrogens is 1. The van der Waals surface area contributed by atoms with E-state index in [0.717, 1.165) is 32.2 Å². The highest BCUT2D eigenvalue weighted by atomic mass is 16.2. The Morgan fingerprint density at radius 3 is 2.53 bits per heavy atom. The van der Waals surface area contributed by atoms with Crippen LogP contribution in [0.15, 0.2) is 48.8 Å². The van der Waals surface area contributed by atoms with E-state index >= 15 is 0 Å². The minimum absolute atomic E-state index is 0.0507. The maximum Gasteiger partial charge on any atom is 0.325 e. The number of rotatable bonds is 4. The summed E-state index contributed by atoms with van der Waals surface area (Å²) in [5, 5.41) is 9.55. The molecule has 1 saturated heterocycles. The van der Waals surface area contributed by atoms with Crippen molar-refractivity contribution in [1.29, 1.82) is 5.26 Å². The van der Waals surface area contributed by atoms with Crippen molar-refractivity contribution in [3.63, 3.8) is 0 Å². The first-order valence-electron chi connectivity index (χ1n) is 11.0. The third-order valence-corrected chi connectivity index (χ3v) is 7.59. The molecule has 2 aliphatic carbocycles. The standard InChI is InChI=1S/C25H28N4O/c1-24(21-5-3-2-4-6-21)10-12-25(13-11-24)18-28(22-16-27-14-9-20(22)15-26)23(30)29(25)17-19-7-8-19/h2-6,9,14,16,19H,7-8,10-13,17-18H2,1H3. The lowest BCUT2D eigenvalue weighted by Gasteiger charge is -2.47. The van der Waals surface area contributed by atoms with Crippen molar-refractivity contribution in [2.75, 3.05) is 18.0 Å². The third-order valence-electron chi connectivity index (χ3n) is 7.59. The zero-order valence-corrected chi connectivity index (χ0v) is 17.6. The molecule has 2 heterocycles. The number of hydrogen-bond acceptors (Lipinski definition) is 3. The van der Waals surface area contributed by atoms with Gasteiger partial charge in [0.25, 0.3) is 0 Å². The number of hydrogen-bond donors (Lipinski definition) is 0. The summed E-state index contributed by atoms with van der Waals surface area (Å²) < 4.78 is 0. The lowest BCUT2D eigenvalue weighted by molar-refractivity contribution is 0.0894. The van der Waals surface area contributed by atoms with E-state index in [-0.39, 0.29) is 17.0 Å². The predicted octanol–water partition coefficient (Wildman–Crippen LogP) is 4.88. The topological polar surface area (TPSA) is 60.2 Å². The van der Waals surface area contributed by atoms with Crippen LogP contribution in [0.4, 0.5) is 10.5 Å². The SMILES string of the molecule is CC1(c2ccccc2)CCC2(CC1)CN(c1cnccc1C#N)C(=O)N2CC1CC1. The maximum atomic E-state index is 13.6. The summed E-state index contributed by atoms with van der Waals surface area (Å²) in [6.07, 6.45) is 9.85. The van der Waals surface area contributed by atoms with Gasteiger partial charge in [-0.05, 0) is 61.5 Å². The molecule has 30 heavy (non-hydrogen) atoms. The van der Waals surface area contributed by atoms with Crippen LogP contribution in [0.3, 0.4) is 0 Å². The molecule has 1 aliphatic heterocycles. The van der Waals surface area contributed by atoms with Crippen LogP contribution in [-0.4, -0.2) is 34.5 Å². The van der Waals surface area contributed by atoms with Crippen molar-refractivity contribution < 1.29 is 4.79 Å². The lowest BCUT2D eigenvalue weighted by atomic mass is 9.65. The normalized spacial score (nSPS) is 28.7. The van der Waals surface area contributed by atoms with Crippen LogP contribution < -0.4 is 4.90 Å². The summed E-state index contributed by atoms with van der Waals surface area (Å²) >= 11 is 0. The smallest absolute Gasteiger partial charge is 0.317 e. The lowest BCUT2D eigenvalue weighted by Crippen LogP contribution is -2.52. The molecular weight excluding hydrogens is 372 g/mol. The summed E-state index contributed by atoms with van der Waals surface area (Å²) in [5.74, 6) is 0.637. The molecular formula is C25H28N4O. The van der Waals surface area contributed by atoms with E-state index in [1.807, 2.05) is 4.90 Å². The van der Waals surface area contributed by atoms with E-state index < -0.39 is 0 Å². The second-order valence-electron chi connectivity index (χ2n) is 9.58. The van der Waals surface area contributed by atoms with Crippen molar-refractivity contribution in [1.82, 2.24) is 9.88 Å². The van der Waals surface area contributed by atoms with Crippen molar-refractivity contribution >= 4 is 11.7 Å². The van der Waals surface area contributed by atoms with Crippen LogP contribution in [0, 0.1) is 17.2 Å². The monoisotopic (exact) mass is 400 g/mol. The molecule has 3 aliphatic rings. The number of amides is 2. The van der Waals surface area contributed by atoms with E-state index in [0.29, 0.717) is 23.7 Å². The van der Waals surface area contributed by atoms with Crippen molar-refractivity contribution in [2.45, 2.75) is 56.4 Å². The molecule has 2 amide bonds. The Morgan fingerprint density at radius 1 is 1.13 bits per heavy atom. The molecule has 0 atom stereocenters. The minimum atomic E-state index is -0.142. The summed E-state index contributed by atoms with van der Waals surface area (Å²) in [6.45, 7) is 3.87. The van der Waals surface area contributed by atoms with Crippen LogP contribution in [0.2, 0.25) is 0 Å². The van der Waals surface area contributed by atoms with Gasteiger partial charge in [-0.1, -0.05) is 37.3 Å². The number of benzene rings is 1. The average molecular weight is 401 g/mol. The van der Waals surface area contributed by atoms with E-state index in [9.17, 15) is 10.1 Å². The van der Waals surface area contributed by atoms with Gasteiger partial charge >= 0.3 is 6.03 Å². The van der Waals surface area contributed by atoms with Crippen molar-refractivity contribution in [2.24, 2.45) is 5.92 Å². The zero-order chi connectivity index (χ0) is 20.8. The van der Waals surface area contributed by atoms with E-state index in [2.05, 4.69) is 53.2 Å². The summed E-state index contributed by atoms with van der Waals surface area (Å²) in [6, 6.07) is 14.8. The molecule has 0 radical (unpaired) electrons. The van der Waals surface area contributed by atoms with Crippen LogP contribution in [0.25, 0.3) is 0 Å². The Bertz CT molecular complexity index is 984. The maximum absolute atomic E-state index is 13.6. The van der Waals surface area contributed by atoms with Crippen LogP contribution in [0.5, 0.6) is 0 Å². The number of pyridine rings is 1. The molecule has 1 spiro atoms. The molecule has 2 aromatic rings. The van der Waals surface area contributed by atoms with Crippen molar-refractivity contribution in [3.8, 4) is 6.07 Å². The summed E-state index contributed by atoms with van der Waals surface area (Å²) in [5.41, 5.74) is 2.58. The third kappa shape index (κ3) is 3.15. The molecule has 1 aromatic carbocycles. The minimum Gasteiger partial charge on any atom is -0.317 e. The molecule has 1 aromatic heterocycles. The highest BCUT2D eigenvalue weighted by molar-refractivity contribution is 5.96. The molecule has 3 fully saturated rings. The average Bonchev–Trinajstić information content (AvgIpc) is 3.58. The zero-order valence-electron chi connectivity index (χ0n) is 17.6. The molecule has 0 N–H and O–H groups in total. The molecule has 5 heteroatoms. The second-order valence-corrected chi connectivity index (χ2v) is 9.58. The van der Waals surface area contributed by atoms with Gasteiger partial charge in [0.1, 0.15) is 6.07 Å². The molecule has 154 valence electrons. The van der Waals surface area contributed by atoms with Gasteiger partial charge in [0.05, 0.1) is 29.5 Å². The second kappa shape index (κ2) is 7.12. The molecule has 5 rings (SSSR count). The number of carbonyl (C=O) groups excluding carboxylic acids is 1. The molecule has 0 unspecified atom stereocenters. The number of carbonyl (C=O) groups is 1. The first-order chi connectivity index (χ1) is 14.5. The summed E-state index contributed by atoms with van der Waals surface area (Å²) in [7, 11) is 0. The van der Waals surface area contributed by atoms with E-state index in [4.69, 9.17) is 0 Å². The van der Waals surface area contributed by atoms with Crippen molar-refractivity contribution in [3.05, 3.63) is 59.9 Å². The Kier molecular flexibility index (Phi) is 4.54. The fourth-order valence-corrected chi connectivity index (χ4v) is 5.33. The van der Waals surface area contributed by atoms with Gasteiger partial charge in [0, 0.05) is 12.7 Å². The van der Waals surface area contributed by atoms with Gasteiger partial charge in [-0.15, -0.1) is 0 Å². The van der Waals surface area contributed by atoms with Crippen LogP contribution in [-0.2, 0) is 5.41 Å². The number of urea groups is 1. The fraction of sp³-hybridized carbons (Fsp3) is 0.480. The first kappa shape index (κ1) is 19.1. The summed E-state index contributed by atoms with van der Waals surface area (Å²) in [4.78, 5) is 21.7. The van der Waals surface area contributed by atoms with E-state index in [1.54, 1.807) is 18.5 Å². The molecule has 0 bridgehead atoms. The van der Waals surface area contributed by atoms with Crippen LogP contribution in [0.1, 0.15) is 56.6 Å². The number of nitrogens with zero attached hydrogens (tertiary/aromatic N) is 4. The van der Waals surface area contributed by atoms with Gasteiger partial charge in [0.2, 0.25) is 0 Å². The number of anilines is 1. The quantitative estimate of drug-likeness (QED) is 0.735. The fourth-order valence-electron chi connectivity index (χ4n) is 5.33.